The molecule has 0 aliphatic carbocycles. The minimum atomic E-state index is -1.04. The summed E-state index contributed by atoms with van der Waals surface area (Å²) < 4.78 is 23.1. The molecule has 5 atom stereocenters. The van der Waals surface area contributed by atoms with Crippen LogP contribution in [0.4, 0.5) is 0 Å². The molecule has 6 heteroatoms. The van der Waals surface area contributed by atoms with Crippen LogP contribution < -0.4 is 0 Å². The Kier molecular flexibility index (Phi) is 4.49. The summed E-state index contributed by atoms with van der Waals surface area (Å²) in [5.74, 6) is -0.751. The van der Waals surface area contributed by atoms with Gasteiger partial charge in [-0.1, -0.05) is 30.3 Å². The van der Waals surface area contributed by atoms with E-state index in [-0.39, 0.29) is 0 Å². The highest BCUT2D eigenvalue weighted by Gasteiger charge is 2.56. The molecule has 1 aromatic rings. The van der Waals surface area contributed by atoms with Crippen molar-refractivity contribution >= 4 is 0 Å². The van der Waals surface area contributed by atoms with E-state index in [1.807, 2.05) is 30.3 Å². The molecule has 0 amide bonds. The Bertz CT molecular complexity index is 491. The second-order valence-electron chi connectivity index (χ2n) is 6.08. The molecule has 1 aromatic carbocycles. The van der Waals surface area contributed by atoms with E-state index in [9.17, 15) is 10.2 Å². The van der Waals surface area contributed by atoms with Crippen molar-refractivity contribution in [2.45, 2.75) is 56.9 Å². The molecule has 2 aliphatic heterocycles. The average Bonchev–Trinajstić information content (AvgIpc) is 2.97. The quantitative estimate of drug-likeness (QED) is 0.838. The van der Waals surface area contributed by atoms with E-state index >= 15 is 0 Å². The fourth-order valence-electron chi connectivity index (χ4n) is 2.87. The zero-order valence-electron chi connectivity index (χ0n) is 12.7. The van der Waals surface area contributed by atoms with E-state index in [1.54, 1.807) is 13.8 Å². The minimum Gasteiger partial charge on any atom is -0.394 e. The van der Waals surface area contributed by atoms with Crippen LogP contribution in [0.1, 0.15) is 19.4 Å². The van der Waals surface area contributed by atoms with Crippen molar-refractivity contribution in [1.29, 1.82) is 0 Å². The van der Waals surface area contributed by atoms with Crippen LogP contribution in [0.15, 0.2) is 30.3 Å². The SMILES string of the molecule is CC1(C)O[C@H]2O[C@H]([C@@H](O)CO)C(OCc3ccccc3)[C@@H]2O1. The van der Waals surface area contributed by atoms with Crippen molar-refractivity contribution in [1.82, 2.24) is 0 Å². The maximum absolute atomic E-state index is 9.94. The van der Waals surface area contributed by atoms with Gasteiger partial charge in [-0.3, -0.25) is 0 Å². The molecule has 22 heavy (non-hydrogen) atoms. The standard InChI is InChI=1S/C16H22O6/c1-16(2)21-14-13(19-9-10-6-4-3-5-7-10)12(11(18)8-17)20-15(14)22-16/h3-7,11-15,17-18H,8-9H2,1-2H3/t11-,12+,13?,14-,15+/m0/s1. The first kappa shape index (κ1) is 15.9. The number of rotatable bonds is 5. The number of hydrogen-bond acceptors (Lipinski definition) is 6. The summed E-state index contributed by atoms with van der Waals surface area (Å²) in [4.78, 5) is 0. The highest BCUT2D eigenvalue weighted by atomic mass is 16.8. The molecule has 2 heterocycles. The van der Waals surface area contributed by atoms with Crippen LogP contribution in [0, 0.1) is 0 Å². The second kappa shape index (κ2) is 6.23. The summed E-state index contributed by atoms with van der Waals surface area (Å²) in [7, 11) is 0. The van der Waals surface area contributed by atoms with Crippen molar-refractivity contribution in [3.8, 4) is 0 Å². The summed E-state index contributed by atoms with van der Waals surface area (Å²) in [6.45, 7) is 3.58. The highest BCUT2D eigenvalue weighted by Crippen LogP contribution is 2.39. The van der Waals surface area contributed by atoms with Crippen LogP contribution in [0.2, 0.25) is 0 Å². The topological polar surface area (TPSA) is 77.4 Å². The lowest BCUT2D eigenvalue weighted by atomic mass is 10.1. The van der Waals surface area contributed by atoms with Crippen LogP contribution in [0.5, 0.6) is 0 Å². The summed E-state index contributed by atoms with van der Waals surface area (Å²) in [6.07, 6.45) is -3.25. The van der Waals surface area contributed by atoms with E-state index in [1.165, 1.54) is 0 Å². The summed E-state index contributed by atoms with van der Waals surface area (Å²) in [5.41, 5.74) is 1.02. The van der Waals surface area contributed by atoms with Gasteiger partial charge in [0, 0.05) is 0 Å². The number of aliphatic hydroxyl groups excluding tert-OH is 2. The Morgan fingerprint density at radius 1 is 1.23 bits per heavy atom. The van der Waals surface area contributed by atoms with Gasteiger partial charge in [-0.05, 0) is 19.4 Å². The van der Waals surface area contributed by atoms with E-state index in [0.29, 0.717) is 6.61 Å². The summed E-state index contributed by atoms with van der Waals surface area (Å²) in [6, 6.07) is 9.73. The first-order chi connectivity index (χ1) is 10.5. The van der Waals surface area contributed by atoms with Crippen LogP contribution in [-0.2, 0) is 25.6 Å². The van der Waals surface area contributed by atoms with Gasteiger partial charge in [0.25, 0.3) is 0 Å². The molecule has 0 aromatic heterocycles. The van der Waals surface area contributed by atoms with Gasteiger partial charge in [0.15, 0.2) is 12.1 Å². The number of ether oxygens (including phenoxy) is 4. The van der Waals surface area contributed by atoms with Crippen molar-refractivity contribution in [2.24, 2.45) is 0 Å². The molecule has 2 aliphatic rings. The molecule has 2 fully saturated rings. The normalized spacial score (nSPS) is 34.5. The summed E-state index contributed by atoms with van der Waals surface area (Å²) in [5, 5.41) is 19.1. The fraction of sp³-hybridized carbons (Fsp3) is 0.625. The molecular weight excluding hydrogens is 288 g/mol. The third kappa shape index (κ3) is 3.17. The van der Waals surface area contributed by atoms with Crippen molar-refractivity contribution in [3.63, 3.8) is 0 Å². The van der Waals surface area contributed by atoms with E-state index in [0.717, 1.165) is 5.56 Å². The van der Waals surface area contributed by atoms with Gasteiger partial charge in [-0.2, -0.15) is 0 Å². The monoisotopic (exact) mass is 310 g/mol. The van der Waals surface area contributed by atoms with Gasteiger partial charge in [0.05, 0.1) is 13.2 Å². The van der Waals surface area contributed by atoms with Crippen LogP contribution in [0.25, 0.3) is 0 Å². The third-order valence-corrected chi connectivity index (χ3v) is 3.88. The predicted octanol–water partition coefficient (Wildman–Crippen LogP) is 0.801. The molecule has 3 rings (SSSR count). The lowest BCUT2D eigenvalue weighted by Gasteiger charge is -2.28. The molecule has 122 valence electrons. The zero-order valence-corrected chi connectivity index (χ0v) is 12.7. The predicted molar refractivity (Wildman–Crippen MR) is 76.8 cm³/mol. The van der Waals surface area contributed by atoms with E-state index in [2.05, 4.69) is 0 Å². The minimum absolute atomic E-state index is 0.372. The lowest BCUT2D eigenvalue weighted by Crippen LogP contribution is -2.44. The summed E-state index contributed by atoms with van der Waals surface area (Å²) >= 11 is 0. The van der Waals surface area contributed by atoms with E-state index in [4.69, 9.17) is 18.9 Å². The van der Waals surface area contributed by atoms with Gasteiger partial charge >= 0.3 is 0 Å². The number of benzene rings is 1. The molecule has 0 radical (unpaired) electrons. The Hall–Kier alpha value is -1.02. The molecule has 0 bridgehead atoms. The number of hydrogen-bond donors (Lipinski definition) is 2. The third-order valence-electron chi connectivity index (χ3n) is 3.88. The Balaban J connectivity index is 1.71. The fourth-order valence-corrected chi connectivity index (χ4v) is 2.87. The molecule has 0 saturated carbocycles. The van der Waals surface area contributed by atoms with E-state index < -0.39 is 43.1 Å². The Morgan fingerprint density at radius 2 is 1.95 bits per heavy atom. The van der Waals surface area contributed by atoms with Crippen molar-refractivity contribution in [3.05, 3.63) is 35.9 Å². The maximum Gasteiger partial charge on any atom is 0.190 e. The molecule has 0 spiro atoms. The van der Waals surface area contributed by atoms with Gasteiger partial charge in [-0.25, -0.2) is 0 Å². The first-order valence-corrected chi connectivity index (χ1v) is 7.46. The van der Waals surface area contributed by atoms with Gasteiger partial charge in [0.2, 0.25) is 0 Å². The second-order valence-corrected chi connectivity index (χ2v) is 6.08. The van der Waals surface area contributed by atoms with Gasteiger partial charge in [-0.15, -0.1) is 0 Å². The number of aliphatic hydroxyl groups is 2. The smallest absolute Gasteiger partial charge is 0.190 e. The maximum atomic E-state index is 9.94. The molecule has 2 N–H and O–H groups in total. The molecule has 1 unspecified atom stereocenters. The van der Waals surface area contributed by atoms with Crippen LogP contribution in [0.3, 0.4) is 0 Å². The number of fused-ring (bicyclic) bond motifs is 1. The van der Waals surface area contributed by atoms with Crippen molar-refractivity contribution in [2.75, 3.05) is 6.61 Å². The van der Waals surface area contributed by atoms with Crippen molar-refractivity contribution < 1.29 is 29.2 Å². The highest BCUT2D eigenvalue weighted by molar-refractivity contribution is 5.13. The van der Waals surface area contributed by atoms with Crippen LogP contribution >= 0.6 is 0 Å². The van der Waals surface area contributed by atoms with Gasteiger partial charge < -0.3 is 29.2 Å². The zero-order chi connectivity index (χ0) is 15.7. The lowest BCUT2D eigenvalue weighted by molar-refractivity contribution is -0.232. The molecule has 6 nitrogen and oxygen atoms in total. The average molecular weight is 310 g/mol. The molecular formula is C16H22O6. The largest absolute Gasteiger partial charge is 0.394 e. The Labute approximate surface area is 129 Å². The Morgan fingerprint density at radius 3 is 2.64 bits per heavy atom. The first-order valence-electron chi connectivity index (χ1n) is 7.46. The van der Waals surface area contributed by atoms with Gasteiger partial charge in [0.1, 0.15) is 24.4 Å². The molecule has 2 saturated heterocycles. The van der Waals surface area contributed by atoms with Crippen LogP contribution in [-0.4, -0.2) is 53.3 Å².